The molecule has 6 fully saturated rings. The molecule has 32 heavy (non-hydrogen) atoms. The van der Waals surface area contributed by atoms with Crippen molar-refractivity contribution in [3.05, 3.63) is 0 Å². The van der Waals surface area contributed by atoms with Crippen molar-refractivity contribution in [2.24, 2.45) is 34.0 Å². The van der Waals surface area contributed by atoms with Crippen molar-refractivity contribution in [2.45, 2.75) is 88.9 Å². The molecule has 2 saturated heterocycles. The van der Waals surface area contributed by atoms with E-state index in [1.165, 1.54) is 7.11 Å². The number of hydrogen-bond donors (Lipinski definition) is 0. The van der Waals surface area contributed by atoms with Gasteiger partial charge in [-0.05, 0) is 44.4 Å². The lowest BCUT2D eigenvalue weighted by Gasteiger charge is -2.63. The molecule has 0 bridgehead atoms. The van der Waals surface area contributed by atoms with E-state index in [1.54, 1.807) is 0 Å². The first-order valence-electron chi connectivity index (χ1n) is 12.0. The average molecular weight is 442 g/mol. The van der Waals surface area contributed by atoms with Crippen LogP contribution in [-0.4, -0.2) is 42.1 Å². The molecule has 2 spiro atoms. The Morgan fingerprint density at radius 2 is 1.94 bits per heavy atom. The second kappa shape index (κ2) is 5.94. The van der Waals surface area contributed by atoms with Crippen LogP contribution in [0.5, 0.6) is 0 Å². The SMILES string of the molecule is COC(=O)C1C[C@]2(C#N)CC(=O)CC[C@]2(C)C23OC2C[C@@]2(C)C(CC[C@@]24CCC(=O)O4)C13. The highest BCUT2D eigenvalue weighted by Gasteiger charge is 2.86. The van der Waals surface area contributed by atoms with Gasteiger partial charge in [0.05, 0.1) is 30.6 Å². The minimum Gasteiger partial charge on any atom is -0.469 e. The van der Waals surface area contributed by atoms with Gasteiger partial charge in [-0.3, -0.25) is 14.4 Å². The molecule has 2 heterocycles. The largest absolute Gasteiger partial charge is 0.469 e. The molecule has 6 aliphatic rings. The molecule has 2 aliphatic heterocycles. The summed E-state index contributed by atoms with van der Waals surface area (Å²) in [6.45, 7) is 4.36. The fraction of sp³-hybridized carbons (Fsp3) is 0.840. The number of Topliss-reactive ketones (excluding diaryl/α,β-unsaturated/α-hetero) is 1. The number of rotatable bonds is 1. The smallest absolute Gasteiger partial charge is 0.309 e. The number of methoxy groups -OCH3 is 1. The van der Waals surface area contributed by atoms with Crippen molar-refractivity contribution >= 4 is 17.7 Å². The third-order valence-corrected chi connectivity index (χ3v) is 11.1. The van der Waals surface area contributed by atoms with Gasteiger partial charge in [0.25, 0.3) is 0 Å². The van der Waals surface area contributed by atoms with Crippen LogP contribution in [0.1, 0.15) is 71.6 Å². The molecule has 172 valence electrons. The summed E-state index contributed by atoms with van der Waals surface area (Å²) in [5.74, 6) is -0.806. The summed E-state index contributed by atoms with van der Waals surface area (Å²) in [5.41, 5.74) is -2.77. The number of fused-ring (bicyclic) bond motifs is 4. The zero-order chi connectivity index (χ0) is 22.7. The first kappa shape index (κ1) is 20.7. The summed E-state index contributed by atoms with van der Waals surface area (Å²) in [4.78, 5) is 37.9. The Morgan fingerprint density at radius 3 is 2.59 bits per heavy atom. The summed E-state index contributed by atoms with van der Waals surface area (Å²) in [5, 5.41) is 10.4. The maximum Gasteiger partial charge on any atom is 0.309 e. The van der Waals surface area contributed by atoms with E-state index in [4.69, 9.17) is 14.2 Å². The molecule has 0 N–H and O–H groups in total. The van der Waals surface area contributed by atoms with E-state index in [0.717, 1.165) is 25.7 Å². The Balaban J connectivity index is 1.51. The van der Waals surface area contributed by atoms with Crippen LogP contribution in [0, 0.1) is 45.3 Å². The standard InChI is InChI=1S/C25H31NO6/c1-21-12-17-25(31-17)19(16(21)5-8-24(21)9-6-18(28)32-24)15(20(29)30-3)11-23(13-26)10-14(27)4-7-22(23,25)2/h15-17,19H,4-12H2,1-3H3/t15?,16?,17?,19?,21-,22-,23-,24+,25?/m0/s1. The van der Waals surface area contributed by atoms with Crippen LogP contribution in [0.3, 0.4) is 0 Å². The molecule has 4 saturated carbocycles. The Labute approximate surface area is 188 Å². The summed E-state index contributed by atoms with van der Waals surface area (Å²) in [6, 6.07) is 2.53. The highest BCUT2D eigenvalue weighted by molar-refractivity contribution is 5.82. The fourth-order valence-electron chi connectivity index (χ4n) is 9.46. The molecule has 0 aromatic heterocycles. The number of ketones is 1. The first-order chi connectivity index (χ1) is 15.1. The van der Waals surface area contributed by atoms with Crippen molar-refractivity contribution in [1.82, 2.24) is 0 Å². The number of epoxide rings is 1. The average Bonchev–Trinajstić information content (AvgIpc) is 3.25. The number of nitriles is 1. The maximum atomic E-state index is 13.2. The van der Waals surface area contributed by atoms with Gasteiger partial charge in [0.1, 0.15) is 17.0 Å². The van der Waals surface area contributed by atoms with Gasteiger partial charge < -0.3 is 14.2 Å². The predicted molar refractivity (Wildman–Crippen MR) is 110 cm³/mol. The highest BCUT2D eigenvalue weighted by Crippen LogP contribution is 2.80. The van der Waals surface area contributed by atoms with Gasteiger partial charge in [-0.15, -0.1) is 0 Å². The molecule has 0 radical (unpaired) electrons. The van der Waals surface area contributed by atoms with E-state index >= 15 is 0 Å². The second-order valence-corrected chi connectivity index (χ2v) is 11.7. The summed E-state index contributed by atoms with van der Waals surface area (Å²) >= 11 is 0. The van der Waals surface area contributed by atoms with Gasteiger partial charge in [0.2, 0.25) is 0 Å². The van der Waals surface area contributed by atoms with Crippen LogP contribution < -0.4 is 0 Å². The Hall–Kier alpha value is -1.94. The summed E-state index contributed by atoms with van der Waals surface area (Å²) in [6.07, 6.45) is 5.10. The number of hydrogen-bond acceptors (Lipinski definition) is 7. The minimum atomic E-state index is -0.920. The molecule has 7 nitrogen and oxygen atoms in total. The van der Waals surface area contributed by atoms with Crippen molar-refractivity contribution in [3.63, 3.8) is 0 Å². The van der Waals surface area contributed by atoms with Crippen LogP contribution in [0.15, 0.2) is 0 Å². The predicted octanol–water partition coefficient (Wildman–Crippen LogP) is 3.10. The van der Waals surface area contributed by atoms with Crippen molar-refractivity contribution in [1.29, 1.82) is 5.26 Å². The second-order valence-electron chi connectivity index (χ2n) is 11.7. The maximum absolute atomic E-state index is 13.2. The molecule has 0 aromatic carbocycles. The molecule has 4 aliphatic carbocycles. The Bertz CT molecular complexity index is 987. The van der Waals surface area contributed by atoms with Gasteiger partial charge in [0.15, 0.2) is 0 Å². The Morgan fingerprint density at radius 1 is 1.16 bits per heavy atom. The molecular formula is C25H31NO6. The van der Waals surface area contributed by atoms with Crippen molar-refractivity contribution in [2.75, 3.05) is 7.11 Å². The van der Waals surface area contributed by atoms with Crippen molar-refractivity contribution < 1.29 is 28.6 Å². The lowest BCUT2D eigenvalue weighted by Crippen LogP contribution is -2.68. The van der Waals surface area contributed by atoms with E-state index in [9.17, 15) is 19.6 Å². The van der Waals surface area contributed by atoms with Crippen LogP contribution in [0.4, 0.5) is 0 Å². The monoisotopic (exact) mass is 441 g/mol. The molecule has 0 aromatic rings. The zero-order valence-electron chi connectivity index (χ0n) is 19.1. The lowest BCUT2D eigenvalue weighted by molar-refractivity contribution is -0.193. The van der Waals surface area contributed by atoms with E-state index in [-0.39, 0.29) is 47.5 Å². The van der Waals surface area contributed by atoms with Crippen LogP contribution in [0.25, 0.3) is 0 Å². The molecule has 7 heteroatoms. The van der Waals surface area contributed by atoms with Crippen LogP contribution in [0.2, 0.25) is 0 Å². The normalized spacial score (nSPS) is 55.2. The number of nitrogens with zero attached hydrogens (tertiary/aromatic N) is 1. The highest BCUT2D eigenvalue weighted by atomic mass is 16.6. The van der Waals surface area contributed by atoms with E-state index in [1.807, 2.05) is 0 Å². The number of carbonyl (C=O) groups is 3. The third-order valence-electron chi connectivity index (χ3n) is 11.1. The number of esters is 2. The molecule has 9 atom stereocenters. The quantitative estimate of drug-likeness (QED) is 0.455. The lowest BCUT2D eigenvalue weighted by atomic mass is 9.37. The molecule has 6 rings (SSSR count). The summed E-state index contributed by atoms with van der Waals surface area (Å²) < 4.78 is 17.9. The molecule has 5 unspecified atom stereocenters. The van der Waals surface area contributed by atoms with Gasteiger partial charge in [-0.1, -0.05) is 13.8 Å². The van der Waals surface area contributed by atoms with Gasteiger partial charge in [0, 0.05) is 36.0 Å². The third kappa shape index (κ3) is 2.01. The minimum absolute atomic E-state index is 0.0954. The molecule has 0 amide bonds. The zero-order valence-corrected chi connectivity index (χ0v) is 19.1. The van der Waals surface area contributed by atoms with E-state index in [2.05, 4.69) is 19.9 Å². The van der Waals surface area contributed by atoms with E-state index < -0.39 is 27.9 Å². The van der Waals surface area contributed by atoms with Crippen molar-refractivity contribution in [3.8, 4) is 6.07 Å². The van der Waals surface area contributed by atoms with Gasteiger partial charge in [-0.25, -0.2) is 0 Å². The van der Waals surface area contributed by atoms with Gasteiger partial charge >= 0.3 is 11.9 Å². The van der Waals surface area contributed by atoms with Gasteiger partial charge in [-0.2, -0.15) is 5.26 Å². The van der Waals surface area contributed by atoms with E-state index in [0.29, 0.717) is 25.7 Å². The van der Waals surface area contributed by atoms with Crippen LogP contribution in [-0.2, 0) is 28.6 Å². The Kier molecular flexibility index (Phi) is 3.83. The number of ether oxygens (including phenoxy) is 3. The van der Waals surface area contributed by atoms with Crippen LogP contribution >= 0.6 is 0 Å². The summed E-state index contributed by atoms with van der Waals surface area (Å²) in [7, 11) is 1.40. The topological polar surface area (TPSA) is 106 Å². The first-order valence-corrected chi connectivity index (χ1v) is 12.0. The fourth-order valence-corrected chi connectivity index (χ4v) is 9.46. The molecular weight excluding hydrogens is 410 g/mol. The number of carbonyl (C=O) groups excluding carboxylic acids is 3.